The van der Waals surface area contributed by atoms with E-state index < -0.39 is 0 Å². The lowest BCUT2D eigenvalue weighted by molar-refractivity contribution is 0.338. The number of hydrogen-bond acceptors (Lipinski definition) is 12. The lowest BCUT2D eigenvalue weighted by Gasteiger charge is -2.13. The van der Waals surface area contributed by atoms with E-state index in [9.17, 15) is 0 Å². The maximum atomic E-state index is 6.36. The van der Waals surface area contributed by atoms with Gasteiger partial charge in [-0.2, -0.15) is 0 Å². The van der Waals surface area contributed by atoms with Crippen molar-refractivity contribution in [1.82, 2.24) is 29.9 Å². The standard InChI is InChI=1S/C60H40N6O6/c1-5-15-41(16-6-1)45-25-33-49(34-26-45)67-55-61-56(68-50-35-27-46(28-36-50)42-17-7-2-8-18-42)64-59(63-55)71-53-23-13-14-24-54(53)72-60-65-57(69-51-37-29-47(30-38-51)43-19-9-3-10-20-43)62-58(66-60)70-52-39-31-48(32-40-52)44-21-11-4-12-22-44/h1-40H. The van der Waals surface area contributed by atoms with Gasteiger partial charge in [-0.25, -0.2) is 0 Å². The highest BCUT2D eigenvalue weighted by molar-refractivity contribution is 5.67. The first kappa shape index (κ1) is 44.3. The first-order valence-electron chi connectivity index (χ1n) is 22.9. The predicted molar refractivity (Wildman–Crippen MR) is 274 cm³/mol. The van der Waals surface area contributed by atoms with E-state index >= 15 is 0 Å². The van der Waals surface area contributed by atoms with E-state index in [1.165, 1.54) is 0 Å². The largest absolute Gasteiger partial charge is 0.424 e. The van der Waals surface area contributed by atoms with E-state index in [4.69, 9.17) is 28.4 Å². The summed E-state index contributed by atoms with van der Waals surface area (Å²) in [7, 11) is 0. The molecule has 12 nitrogen and oxygen atoms in total. The highest BCUT2D eigenvalue weighted by atomic mass is 16.6. The molecule has 0 radical (unpaired) electrons. The average Bonchev–Trinajstić information content (AvgIpc) is 3.43. The van der Waals surface area contributed by atoms with Crippen molar-refractivity contribution in [2.24, 2.45) is 0 Å². The number of aromatic nitrogens is 6. The molecular weight excluding hydrogens is 901 g/mol. The van der Waals surface area contributed by atoms with Crippen molar-refractivity contribution in [2.45, 2.75) is 0 Å². The van der Waals surface area contributed by atoms with Gasteiger partial charge in [0.2, 0.25) is 0 Å². The maximum absolute atomic E-state index is 6.36. The number of ether oxygens (including phenoxy) is 6. The molecule has 0 bridgehead atoms. The summed E-state index contributed by atoms with van der Waals surface area (Å²) in [6.45, 7) is 0. The second kappa shape index (κ2) is 21.0. The van der Waals surface area contributed by atoms with Gasteiger partial charge in [-0.15, -0.1) is 29.9 Å². The molecule has 12 heteroatoms. The Labute approximate surface area is 414 Å². The molecule has 0 amide bonds. The van der Waals surface area contributed by atoms with E-state index in [2.05, 4.69) is 29.9 Å². The summed E-state index contributed by atoms with van der Waals surface area (Å²) in [5, 5.41) is 0. The molecule has 0 aliphatic heterocycles. The summed E-state index contributed by atoms with van der Waals surface area (Å²) in [5.74, 6) is 2.35. The van der Waals surface area contributed by atoms with Crippen molar-refractivity contribution >= 4 is 0 Å². The van der Waals surface area contributed by atoms with Crippen LogP contribution in [-0.4, -0.2) is 29.9 Å². The Morgan fingerprint density at radius 2 is 0.347 bits per heavy atom. The molecule has 0 fully saturated rings. The van der Waals surface area contributed by atoms with Crippen LogP contribution >= 0.6 is 0 Å². The van der Waals surface area contributed by atoms with Crippen molar-refractivity contribution in [3.8, 4) is 115 Å². The first-order valence-corrected chi connectivity index (χ1v) is 22.9. The highest BCUT2D eigenvalue weighted by Gasteiger charge is 2.19. The zero-order chi connectivity index (χ0) is 48.3. The van der Waals surface area contributed by atoms with Crippen molar-refractivity contribution in [3.05, 3.63) is 243 Å². The van der Waals surface area contributed by atoms with E-state index in [0.717, 1.165) is 44.5 Å². The Hall–Kier alpha value is -10.2. The Balaban J connectivity index is 0.885. The fraction of sp³-hybridized carbons (Fsp3) is 0. The van der Waals surface area contributed by atoms with Crippen LogP contribution in [0.5, 0.6) is 70.6 Å². The third-order valence-corrected chi connectivity index (χ3v) is 11.1. The molecule has 0 spiro atoms. The van der Waals surface area contributed by atoms with Crippen LogP contribution in [0.3, 0.4) is 0 Å². The molecule has 2 aromatic heterocycles. The minimum absolute atomic E-state index is 0.0728. The Bertz CT molecular complexity index is 3100. The smallest absolute Gasteiger partial charge is 0.331 e. The van der Waals surface area contributed by atoms with Crippen molar-refractivity contribution in [3.63, 3.8) is 0 Å². The molecule has 11 rings (SSSR count). The SMILES string of the molecule is c1ccc(-c2ccc(Oc3nc(Oc4ccc(-c5ccccc5)cc4)nc(Oc4ccccc4Oc4nc(Oc5ccc(-c6ccccc6)cc5)nc(Oc5ccc(-c6ccccc6)cc5)n4)n3)cc2)cc1. The number of benzene rings is 9. The number of rotatable bonds is 16. The fourth-order valence-electron chi connectivity index (χ4n) is 7.54. The molecule has 0 aliphatic carbocycles. The summed E-state index contributed by atoms with van der Waals surface area (Å²) in [6.07, 6.45) is 0. The van der Waals surface area contributed by atoms with Crippen LogP contribution in [0, 0.1) is 0 Å². The third kappa shape index (κ3) is 11.0. The quantitative estimate of drug-likeness (QED) is 0.0913. The van der Waals surface area contributed by atoms with Gasteiger partial charge in [0.25, 0.3) is 0 Å². The maximum Gasteiger partial charge on any atom is 0.331 e. The lowest BCUT2D eigenvalue weighted by Crippen LogP contribution is -2.03. The molecule has 0 unspecified atom stereocenters. The molecule has 72 heavy (non-hydrogen) atoms. The van der Waals surface area contributed by atoms with Gasteiger partial charge in [0.05, 0.1) is 0 Å². The number of hydrogen-bond donors (Lipinski definition) is 0. The zero-order valence-corrected chi connectivity index (χ0v) is 38.2. The number of para-hydroxylation sites is 2. The summed E-state index contributed by atoms with van der Waals surface area (Å²) < 4.78 is 37.5. The molecule has 0 N–H and O–H groups in total. The molecule has 0 saturated heterocycles. The number of nitrogens with zero attached hydrogens (tertiary/aromatic N) is 6. The summed E-state index contributed by atoms with van der Waals surface area (Å²) in [6, 6.07) is 76.9. The summed E-state index contributed by atoms with van der Waals surface area (Å²) in [5.41, 5.74) is 8.37. The van der Waals surface area contributed by atoms with Crippen LogP contribution in [0.1, 0.15) is 0 Å². The lowest BCUT2D eigenvalue weighted by atomic mass is 10.1. The van der Waals surface area contributed by atoms with Crippen LogP contribution in [0.4, 0.5) is 0 Å². The minimum Gasteiger partial charge on any atom is -0.424 e. The van der Waals surface area contributed by atoms with Crippen LogP contribution in [-0.2, 0) is 0 Å². The molecule has 9 aromatic carbocycles. The summed E-state index contributed by atoms with van der Waals surface area (Å²) in [4.78, 5) is 27.2. The molecule has 346 valence electrons. The predicted octanol–water partition coefficient (Wildman–Crippen LogP) is 15.5. The van der Waals surface area contributed by atoms with E-state index in [-0.39, 0.29) is 47.6 Å². The van der Waals surface area contributed by atoms with Gasteiger partial charge in [-0.3, -0.25) is 0 Å². The van der Waals surface area contributed by atoms with Gasteiger partial charge in [0.1, 0.15) is 23.0 Å². The summed E-state index contributed by atoms with van der Waals surface area (Å²) >= 11 is 0. The fourth-order valence-corrected chi connectivity index (χ4v) is 7.54. The van der Waals surface area contributed by atoms with E-state index in [1.807, 2.05) is 218 Å². The van der Waals surface area contributed by atoms with Gasteiger partial charge < -0.3 is 28.4 Å². The molecule has 0 saturated carbocycles. The van der Waals surface area contributed by atoms with Gasteiger partial charge in [0, 0.05) is 0 Å². The van der Waals surface area contributed by atoms with Crippen LogP contribution in [0.2, 0.25) is 0 Å². The Morgan fingerprint density at radius 3 is 0.569 bits per heavy atom. The normalized spacial score (nSPS) is 10.8. The molecular formula is C60H40N6O6. The van der Waals surface area contributed by atoms with Crippen molar-refractivity contribution in [1.29, 1.82) is 0 Å². The van der Waals surface area contributed by atoms with E-state index in [1.54, 1.807) is 24.3 Å². The monoisotopic (exact) mass is 940 g/mol. The minimum atomic E-state index is -0.144. The highest BCUT2D eigenvalue weighted by Crippen LogP contribution is 2.37. The van der Waals surface area contributed by atoms with Gasteiger partial charge >= 0.3 is 36.1 Å². The van der Waals surface area contributed by atoms with Crippen LogP contribution < -0.4 is 28.4 Å². The molecule has 0 atom stereocenters. The first-order chi connectivity index (χ1) is 35.6. The van der Waals surface area contributed by atoms with Gasteiger partial charge in [-0.05, 0) is 105 Å². The Morgan fingerprint density at radius 1 is 0.167 bits per heavy atom. The zero-order valence-electron chi connectivity index (χ0n) is 38.2. The second-order valence-electron chi connectivity index (χ2n) is 16.0. The van der Waals surface area contributed by atoms with Crippen molar-refractivity contribution in [2.75, 3.05) is 0 Å². The Kier molecular flexibility index (Phi) is 12.9. The topological polar surface area (TPSA) is 133 Å². The molecule has 0 aliphatic rings. The average molecular weight is 941 g/mol. The second-order valence-corrected chi connectivity index (χ2v) is 16.0. The van der Waals surface area contributed by atoms with Crippen molar-refractivity contribution < 1.29 is 28.4 Å². The third-order valence-electron chi connectivity index (χ3n) is 11.1. The van der Waals surface area contributed by atoms with Crippen LogP contribution in [0.25, 0.3) is 44.5 Å². The van der Waals surface area contributed by atoms with E-state index in [0.29, 0.717) is 23.0 Å². The molecule has 11 aromatic rings. The molecule has 2 heterocycles. The van der Waals surface area contributed by atoms with Gasteiger partial charge in [0.15, 0.2) is 11.5 Å². The van der Waals surface area contributed by atoms with Crippen LogP contribution in [0.15, 0.2) is 243 Å². The van der Waals surface area contributed by atoms with Gasteiger partial charge in [-0.1, -0.05) is 182 Å².